The van der Waals surface area contributed by atoms with Crippen LogP contribution in [0.5, 0.6) is 0 Å². The van der Waals surface area contributed by atoms with Gasteiger partial charge in [-0.15, -0.1) is 0 Å². The summed E-state index contributed by atoms with van der Waals surface area (Å²) in [6.07, 6.45) is 35.4. The van der Waals surface area contributed by atoms with Crippen molar-refractivity contribution < 1.29 is 28.4 Å². The Hall–Kier alpha value is -0.760. The molecule has 0 bridgehead atoms. The molecule has 274 valence electrons. The first-order chi connectivity index (χ1) is 22.4. The van der Waals surface area contributed by atoms with Gasteiger partial charge in [0.05, 0.1) is 25.4 Å². The zero-order chi connectivity index (χ0) is 34.0. The first-order valence-electron chi connectivity index (χ1n) is 19.3. The number of amides is 1. The number of carbonyl (C=O) groups is 1. The number of hydrogen-bond acceptors (Lipinski definition) is 6. The number of aliphatic hydroxyl groups excluding tert-OH is 1. The van der Waals surface area contributed by atoms with Crippen molar-refractivity contribution in [3.63, 3.8) is 0 Å². The molecule has 0 spiro atoms. The fourth-order valence-electron chi connectivity index (χ4n) is 5.66. The van der Waals surface area contributed by atoms with Gasteiger partial charge in [0, 0.05) is 13.0 Å². The number of phosphoric ester groups is 1. The minimum Gasteiger partial charge on any atom is -0.387 e. The molecular formula is C37H75N2O6P. The average molecular weight is 675 g/mol. The highest BCUT2D eigenvalue weighted by atomic mass is 31.2. The Labute approximate surface area is 284 Å². The zero-order valence-corrected chi connectivity index (χ0v) is 31.0. The highest BCUT2D eigenvalue weighted by Crippen LogP contribution is 2.43. The maximum atomic E-state index is 12.6. The molecule has 46 heavy (non-hydrogen) atoms. The van der Waals surface area contributed by atoms with Crippen LogP contribution in [0, 0.1) is 0 Å². The van der Waals surface area contributed by atoms with Crippen molar-refractivity contribution in [3.05, 3.63) is 12.2 Å². The number of aliphatic hydroxyl groups is 1. The molecule has 0 aromatic carbocycles. The molecule has 0 aliphatic heterocycles. The molecular weight excluding hydrogens is 599 g/mol. The Morgan fingerprint density at radius 2 is 1.11 bits per heavy atom. The van der Waals surface area contributed by atoms with Crippen LogP contribution in [0.1, 0.15) is 187 Å². The lowest BCUT2D eigenvalue weighted by Crippen LogP contribution is -2.45. The van der Waals surface area contributed by atoms with E-state index in [1.807, 2.05) is 6.08 Å². The van der Waals surface area contributed by atoms with E-state index in [1.165, 1.54) is 128 Å². The van der Waals surface area contributed by atoms with Crippen molar-refractivity contribution in [1.82, 2.24) is 5.32 Å². The van der Waals surface area contributed by atoms with E-state index >= 15 is 0 Å². The van der Waals surface area contributed by atoms with Crippen LogP contribution in [0.15, 0.2) is 12.2 Å². The van der Waals surface area contributed by atoms with Crippen molar-refractivity contribution in [2.24, 2.45) is 5.73 Å². The smallest absolute Gasteiger partial charge is 0.387 e. The highest BCUT2D eigenvalue weighted by molar-refractivity contribution is 7.47. The molecule has 0 aliphatic rings. The number of hydrogen-bond donors (Lipinski definition) is 4. The Balaban J connectivity index is 4.25. The molecule has 0 aromatic rings. The second kappa shape index (κ2) is 34.1. The Morgan fingerprint density at radius 1 is 0.696 bits per heavy atom. The number of nitrogens with one attached hydrogen (secondary N) is 1. The Bertz CT molecular complexity index is 739. The quantitative estimate of drug-likeness (QED) is 0.0295. The van der Waals surface area contributed by atoms with Crippen LogP contribution in [0.25, 0.3) is 0 Å². The number of rotatable bonds is 36. The van der Waals surface area contributed by atoms with Gasteiger partial charge in [-0.2, -0.15) is 0 Å². The Kier molecular flexibility index (Phi) is 33.6. The van der Waals surface area contributed by atoms with E-state index in [9.17, 15) is 19.4 Å². The number of phosphoric acid groups is 1. The van der Waals surface area contributed by atoms with E-state index in [4.69, 9.17) is 14.8 Å². The summed E-state index contributed by atoms with van der Waals surface area (Å²) >= 11 is 0. The van der Waals surface area contributed by atoms with E-state index in [1.54, 1.807) is 6.08 Å². The van der Waals surface area contributed by atoms with Crippen LogP contribution in [-0.2, 0) is 18.4 Å². The maximum absolute atomic E-state index is 12.6. The Morgan fingerprint density at radius 3 is 1.54 bits per heavy atom. The van der Waals surface area contributed by atoms with Crippen LogP contribution in [0.2, 0.25) is 0 Å². The molecule has 0 saturated heterocycles. The molecule has 3 unspecified atom stereocenters. The van der Waals surface area contributed by atoms with Crippen molar-refractivity contribution in [3.8, 4) is 0 Å². The van der Waals surface area contributed by atoms with E-state index in [-0.39, 0.29) is 25.7 Å². The third kappa shape index (κ3) is 31.8. The first kappa shape index (κ1) is 45.2. The van der Waals surface area contributed by atoms with Gasteiger partial charge < -0.3 is 21.1 Å². The van der Waals surface area contributed by atoms with Gasteiger partial charge in [0.1, 0.15) is 0 Å². The van der Waals surface area contributed by atoms with Crippen molar-refractivity contribution >= 4 is 13.7 Å². The SMILES string of the molecule is CCCCCCCCCCCCCCCCC/C=C/C(O)C(COP(=O)(O)OCCN)NC(=O)CCCCCCCCCCCC. The zero-order valence-electron chi connectivity index (χ0n) is 30.1. The summed E-state index contributed by atoms with van der Waals surface area (Å²) in [4.78, 5) is 22.5. The van der Waals surface area contributed by atoms with Crippen LogP contribution < -0.4 is 11.1 Å². The van der Waals surface area contributed by atoms with Crippen LogP contribution in [-0.4, -0.2) is 47.8 Å². The lowest BCUT2D eigenvalue weighted by molar-refractivity contribution is -0.123. The first-order valence-corrected chi connectivity index (χ1v) is 20.8. The minimum atomic E-state index is -4.32. The lowest BCUT2D eigenvalue weighted by atomic mass is 10.0. The van der Waals surface area contributed by atoms with Gasteiger partial charge in [-0.25, -0.2) is 4.57 Å². The molecule has 3 atom stereocenters. The van der Waals surface area contributed by atoms with Crippen LogP contribution in [0.4, 0.5) is 0 Å². The second-order valence-corrected chi connectivity index (χ2v) is 14.6. The van der Waals surface area contributed by atoms with Gasteiger partial charge in [0.15, 0.2) is 0 Å². The highest BCUT2D eigenvalue weighted by Gasteiger charge is 2.26. The number of carbonyl (C=O) groups excluding carboxylic acids is 1. The van der Waals surface area contributed by atoms with Gasteiger partial charge >= 0.3 is 7.82 Å². The van der Waals surface area contributed by atoms with E-state index in [0.29, 0.717) is 6.42 Å². The number of unbranched alkanes of at least 4 members (excludes halogenated alkanes) is 24. The second-order valence-electron chi connectivity index (χ2n) is 13.1. The van der Waals surface area contributed by atoms with Crippen molar-refractivity contribution in [2.75, 3.05) is 19.8 Å². The van der Waals surface area contributed by atoms with Gasteiger partial charge in [-0.1, -0.05) is 174 Å². The maximum Gasteiger partial charge on any atom is 0.472 e. The summed E-state index contributed by atoms with van der Waals surface area (Å²) in [6.45, 7) is 4.12. The van der Waals surface area contributed by atoms with Gasteiger partial charge in [-0.05, 0) is 19.3 Å². The monoisotopic (exact) mass is 675 g/mol. The molecule has 0 aliphatic carbocycles. The predicted octanol–water partition coefficient (Wildman–Crippen LogP) is 10.1. The van der Waals surface area contributed by atoms with Crippen LogP contribution >= 0.6 is 7.82 Å². The third-order valence-electron chi connectivity index (χ3n) is 8.61. The van der Waals surface area contributed by atoms with Crippen LogP contribution in [0.3, 0.4) is 0 Å². The predicted molar refractivity (Wildman–Crippen MR) is 194 cm³/mol. The summed E-state index contributed by atoms with van der Waals surface area (Å²) < 4.78 is 22.0. The molecule has 9 heteroatoms. The standard InChI is InChI=1S/C37H75N2O6P/c1-3-5-7-9-11-13-15-16-17-18-19-20-21-22-24-26-28-30-36(40)35(34-45-46(42,43)44-33-32-38)39-37(41)31-29-27-25-23-14-12-10-8-6-4-2/h28,30,35-36,40H,3-27,29,31-34,38H2,1-2H3,(H,39,41)(H,42,43)/b30-28+. The molecule has 0 aromatic heterocycles. The van der Waals surface area contributed by atoms with E-state index in [0.717, 1.165) is 38.5 Å². The number of nitrogens with two attached hydrogens (primary N) is 1. The third-order valence-corrected chi connectivity index (χ3v) is 9.60. The minimum absolute atomic E-state index is 0.0810. The van der Waals surface area contributed by atoms with Gasteiger partial charge in [0.2, 0.25) is 5.91 Å². The summed E-state index contributed by atoms with van der Waals surface area (Å²) in [5, 5.41) is 13.6. The molecule has 5 N–H and O–H groups in total. The fraction of sp³-hybridized carbons (Fsp3) is 0.919. The van der Waals surface area contributed by atoms with E-state index in [2.05, 4.69) is 19.2 Å². The van der Waals surface area contributed by atoms with Crippen molar-refractivity contribution in [1.29, 1.82) is 0 Å². The topological polar surface area (TPSA) is 131 Å². The molecule has 0 rings (SSSR count). The summed E-state index contributed by atoms with van der Waals surface area (Å²) in [7, 11) is -4.32. The molecule has 0 heterocycles. The molecule has 1 amide bonds. The fourth-order valence-corrected chi connectivity index (χ4v) is 6.42. The number of allylic oxidation sites excluding steroid dienone is 1. The normalized spacial score (nSPS) is 14.5. The van der Waals surface area contributed by atoms with Gasteiger partial charge in [0.25, 0.3) is 0 Å². The van der Waals surface area contributed by atoms with Crippen molar-refractivity contribution in [2.45, 2.75) is 199 Å². The lowest BCUT2D eigenvalue weighted by Gasteiger charge is -2.23. The molecule has 0 saturated carbocycles. The van der Waals surface area contributed by atoms with Gasteiger partial charge in [-0.3, -0.25) is 13.8 Å². The average Bonchev–Trinajstić information content (AvgIpc) is 3.04. The van der Waals surface area contributed by atoms with E-state index < -0.39 is 20.0 Å². The summed E-state index contributed by atoms with van der Waals surface area (Å²) in [6, 6.07) is -0.852. The molecule has 0 fully saturated rings. The molecule has 8 nitrogen and oxygen atoms in total. The largest absolute Gasteiger partial charge is 0.472 e. The summed E-state index contributed by atoms with van der Waals surface area (Å²) in [5.74, 6) is -0.196. The summed E-state index contributed by atoms with van der Waals surface area (Å²) in [5.41, 5.74) is 5.35. The molecule has 0 radical (unpaired) electrons.